The van der Waals surface area contributed by atoms with Crippen LogP contribution in [0.4, 0.5) is 5.69 Å². The largest absolute Gasteiger partial charge is 0.497 e. The van der Waals surface area contributed by atoms with Gasteiger partial charge in [0.15, 0.2) is 11.0 Å². The van der Waals surface area contributed by atoms with Crippen LogP contribution in [0.5, 0.6) is 5.75 Å². The molecule has 0 spiro atoms. The van der Waals surface area contributed by atoms with Crippen LogP contribution in [0.15, 0.2) is 83.6 Å². The smallest absolute Gasteiger partial charge is 0.273 e. The Morgan fingerprint density at radius 1 is 1.02 bits per heavy atom. The molecule has 208 valence electrons. The van der Waals surface area contributed by atoms with Crippen molar-refractivity contribution in [2.24, 2.45) is 0 Å². The number of carbonyl (C=O) groups is 1. The van der Waals surface area contributed by atoms with E-state index in [1.165, 1.54) is 23.1 Å². The Morgan fingerprint density at radius 3 is 2.59 bits per heavy atom. The van der Waals surface area contributed by atoms with E-state index in [2.05, 4.69) is 25.1 Å². The molecule has 1 aliphatic heterocycles. The zero-order valence-electron chi connectivity index (χ0n) is 22.2. The summed E-state index contributed by atoms with van der Waals surface area (Å²) in [7, 11) is 1.66. The number of anilines is 1. The van der Waals surface area contributed by atoms with Crippen molar-refractivity contribution in [3.8, 4) is 22.8 Å². The average Bonchev–Trinajstić information content (AvgIpc) is 3.68. The van der Waals surface area contributed by atoms with Gasteiger partial charge in [0.25, 0.3) is 5.91 Å². The maximum absolute atomic E-state index is 13.2. The zero-order valence-corrected chi connectivity index (χ0v) is 24.6. The van der Waals surface area contributed by atoms with Crippen LogP contribution >= 0.6 is 34.7 Å². The summed E-state index contributed by atoms with van der Waals surface area (Å²) in [5.74, 6) is 2.02. The topological polar surface area (TPSA) is 89.3 Å². The number of pyridine rings is 1. The van der Waals surface area contributed by atoms with Gasteiger partial charge in [0.2, 0.25) is 0 Å². The van der Waals surface area contributed by atoms with Gasteiger partial charge in [-0.3, -0.25) is 14.3 Å². The first kappa shape index (κ1) is 27.3. The van der Waals surface area contributed by atoms with E-state index in [-0.39, 0.29) is 5.91 Å². The lowest BCUT2D eigenvalue weighted by Gasteiger charge is -2.35. The van der Waals surface area contributed by atoms with Gasteiger partial charge in [0, 0.05) is 60.2 Å². The molecule has 0 radical (unpaired) electrons. The van der Waals surface area contributed by atoms with Crippen LogP contribution in [0.25, 0.3) is 17.1 Å². The van der Waals surface area contributed by atoms with Crippen LogP contribution in [0.3, 0.4) is 0 Å². The minimum absolute atomic E-state index is 0.0344. The molecular formula is C29H26ClN7O2S2. The fourth-order valence-corrected chi connectivity index (χ4v) is 6.54. The van der Waals surface area contributed by atoms with Gasteiger partial charge in [0.05, 0.1) is 18.6 Å². The Hall–Kier alpha value is -3.93. The molecule has 41 heavy (non-hydrogen) atoms. The summed E-state index contributed by atoms with van der Waals surface area (Å²) >= 11 is 9.30. The molecule has 1 fully saturated rings. The molecule has 9 nitrogen and oxygen atoms in total. The molecule has 0 N–H and O–H groups in total. The summed E-state index contributed by atoms with van der Waals surface area (Å²) in [6.07, 6.45) is 3.48. The molecule has 3 aromatic heterocycles. The summed E-state index contributed by atoms with van der Waals surface area (Å²) in [6, 6.07) is 19.4. The minimum Gasteiger partial charge on any atom is -0.497 e. The number of halogens is 1. The third-order valence-corrected chi connectivity index (χ3v) is 8.93. The molecule has 0 bridgehead atoms. The summed E-state index contributed by atoms with van der Waals surface area (Å²) < 4.78 is 7.22. The van der Waals surface area contributed by atoms with Gasteiger partial charge in [-0.05, 0) is 54.6 Å². The second kappa shape index (κ2) is 12.3. The Balaban J connectivity index is 1.12. The molecule has 0 atom stereocenters. The number of carbonyl (C=O) groups excluding carboxylic acids is 1. The van der Waals surface area contributed by atoms with Crippen molar-refractivity contribution in [3.63, 3.8) is 0 Å². The van der Waals surface area contributed by atoms with Crippen LogP contribution < -0.4 is 9.64 Å². The molecule has 1 amide bonds. The van der Waals surface area contributed by atoms with Gasteiger partial charge in [0.1, 0.15) is 16.5 Å². The highest BCUT2D eigenvalue weighted by molar-refractivity contribution is 7.98. The summed E-state index contributed by atoms with van der Waals surface area (Å²) in [5, 5.41) is 12.9. The van der Waals surface area contributed by atoms with E-state index in [9.17, 15) is 4.79 Å². The number of aromatic nitrogens is 5. The molecule has 1 saturated heterocycles. The van der Waals surface area contributed by atoms with Crippen molar-refractivity contribution in [2.45, 2.75) is 10.9 Å². The normalized spacial score (nSPS) is 13.4. The predicted molar refractivity (Wildman–Crippen MR) is 162 cm³/mol. The van der Waals surface area contributed by atoms with E-state index in [1.54, 1.807) is 19.5 Å². The van der Waals surface area contributed by atoms with E-state index in [1.807, 2.05) is 75.5 Å². The monoisotopic (exact) mass is 603 g/mol. The van der Waals surface area contributed by atoms with Crippen LogP contribution in [0.2, 0.25) is 5.02 Å². The first-order chi connectivity index (χ1) is 20.1. The summed E-state index contributed by atoms with van der Waals surface area (Å²) in [4.78, 5) is 26.3. The Labute approximate surface area is 250 Å². The Morgan fingerprint density at radius 2 is 1.85 bits per heavy atom. The van der Waals surface area contributed by atoms with Gasteiger partial charge >= 0.3 is 0 Å². The van der Waals surface area contributed by atoms with Gasteiger partial charge in [-0.1, -0.05) is 29.4 Å². The SMILES string of the molecule is COc1ccc(N2CCN(C(=O)c3csc(CSc4nnc(-c5cccnc5)n4-c4cccc(Cl)c4)n3)CC2)cc1. The highest BCUT2D eigenvalue weighted by Gasteiger charge is 2.24. The van der Waals surface area contributed by atoms with Crippen LogP contribution in [0.1, 0.15) is 15.5 Å². The van der Waals surface area contributed by atoms with Crippen molar-refractivity contribution in [3.05, 3.63) is 94.2 Å². The predicted octanol–water partition coefficient (Wildman–Crippen LogP) is 5.70. The number of rotatable bonds is 8. The van der Waals surface area contributed by atoms with Crippen LogP contribution in [0, 0.1) is 0 Å². The molecule has 1 aliphatic rings. The van der Waals surface area contributed by atoms with E-state index >= 15 is 0 Å². The van der Waals surface area contributed by atoms with Crippen molar-refractivity contribution in [1.82, 2.24) is 29.6 Å². The van der Waals surface area contributed by atoms with Gasteiger partial charge < -0.3 is 14.5 Å². The van der Waals surface area contributed by atoms with Crippen molar-refractivity contribution < 1.29 is 9.53 Å². The number of nitrogens with zero attached hydrogens (tertiary/aromatic N) is 7. The number of ether oxygens (including phenoxy) is 1. The number of thiazole rings is 1. The summed E-state index contributed by atoms with van der Waals surface area (Å²) in [6.45, 7) is 2.82. The lowest BCUT2D eigenvalue weighted by Crippen LogP contribution is -2.48. The van der Waals surface area contributed by atoms with Crippen LogP contribution in [-0.4, -0.2) is 68.8 Å². The van der Waals surface area contributed by atoms with Crippen molar-refractivity contribution >= 4 is 46.3 Å². The summed E-state index contributed by atoms with van der Waals surface area (Å²) in [5.41, 5.74) is 3.31. The fourth-order valence-electron chi connectivity index (χ4n) is 4.62. The number of amides is 1. The molecule has 2 aromatic carbocycles. The maximum Gasteiger partial charge on any atom is 0.273 e. The van der Waals surface area contributed by atoms with E-state index < -0.39 is 0 Å². The second-order valence-corrected chi connectivity index (χ2v) is 11.6. The fraction of sp³-hybridized carbons (Fsp3) is 0.207. The highest BCUT2D eigenvalue weighted by Crippen LogP contribution is 2.31. The number of thioether (sulfide) groups is 1. The number of methoxy groups -OCH3 is 1. The van der Waals surface area contributed by atoms with Gasteiger partial charge in [-0.25, -0.2) is 4.98 Å². The quantitative estimate of drug-likeness (QED) is 0.209. The molecule has 0 aliphatic carbocycles. The van der Waals surface area contributed by atoms with E-state index in [0.29, 0.717) is 40.5 Å². The molecule has 0 saturated carbocycles. The molecule has 4 heterocycles. The Bertz CT molecular complexity index is 1630. The lowest BCUT2D eigenvalue weighted by atomic mass is 10.2. The van der Waals surface area contributed by atoms with Gasteiger partial charge in [-0.2, -0.15) is 0 Å². The van der Waals surface area contributed by atoms with E-state index in [4.69, 9.17) is 16.3 Å². The van der Waals surface area contributed by atoms with Crippen molar-refractivity contribution in [1.29, 1.82) is 0 Å². The lowest BCUT2D eigenvalue weighted by molar-refractivity contribution is 0.0741. The third-order valence-electron chi connectivity index (χ3n) is 6.72. The molecule has 12 heteroatoms. The second-order valence-electron chi connectivity index (χ2n) is 9.26. The Kier molecular flexibility index (Phi) is 8.17. The number of benzene rings is 2. The van der Waals surface area contributed by atoms with Crippen molar-refractivity contribution in [2.75, 3.05) is 38.2 Å². The minimum atomic E-state index is -0.0344. The number of hydrogen-bond acceptors (Lipinski definition) is 9. The average molecular weight is 604 g/mol. The van der Waals surface area contributed by atoms with Gasteiger partial charge in [-0.15, -0.1) is 21.5 Å². The first-order valence-corrected chi connectivity index (χ1v) is 15.2. The first-order valence-electron chi connectivity index (χ1n) is 13.0. The number of hydrogen-bond donors (Lipinski definition) is 0. The third kappa shape index (κ3) is 6.07. The number of piperazine rings is 1. The van der Waals surface area contributed by atoms with Crippen LogP contribution in [-0.2, 0) is 5.75 Å². The van der Waals surface area contributed by atoms with E-state index in [0.717, 1.165) is 40.8 Å². The molecule has 6 rings (SSSR count). The molecule has 5 aromatic rings. The maximum atomic E-state index is 13.2. The zero-order chi connectivity index (χ0) is 28.2. The highest BCUT2D eigenvalue weighted by atomic mass is 35.5. The molecular weight excluding hydrogens is 578 g/mol. The standard InChI is InChI=1S/C29H26ClN7O2S2/c1-39-24-9-7-22(8-10-24)35-12-14-36(15-13-35)28(38)25-18-40-26(32-25)19-41-29-34-33-27(20-4-3-11-31-17-20)37(29)23-6-2-5-21(30)16-23/h2-11,16-18H,12-15,19H2,1H3. The molecule has 0 unspecified atom stereocenters.